The van der Waals surface area contributed by atoms with Crippen LogP contribution in [0.5, 0.6) is 0 Å². The van der Waals surface area contributed by atoms with Crippen LogP contribution in [-0.2, 0) is 0 Å². The normalized spacial score (nSPS) is 11.5. The number of nitrogens with two attached hydrogens (primary N) is 4. The van der Waals surface area contributed by atoms with E-state index in [0.717, 1.165) is 13.1 Å². The van der Waals surface area contributed by atoms with Crippen molar-refractivity contribution in [3.05, 3.63) is 0 Å². The maximum Gasteiger partial charge on any atom is 0.0467 e. The molecule has 0 aliphatic carbocycles. The molecule has 0 radical (unpaired) electrons. The minimum absolute atomic E-state index is 0.472. The Labute approximate surface area is 73.4 Å². The summed E-state index contributed by atoms with van der Waals surface area (Å²) >= 11 is 0. The molecule has 12 heavy (non-hydrogen) atoms. The lowest BCUT2D eigenvalue weighted by molar-refractivity contribution is 0.215. The van der Waals surface area contributed by atoms with Crippen LogP contribution in [0.15, 0.2) is 0 Å². The highest BCUT2D eigenvalue weighted by Crippen LogP contribution is 1.84. The molecule has 0 saturated carbocycles. The molecule has 6 nitrogen and oxygen atoms in total. The number of hydrogen-bond acceptors (Lipinski definition) is 6. The summed E-state index contributed by atoms with van der Waals surface area (Å²) in [5.41, 5.74) is 21.7. The maximum atomic E-state index is 5.42. The van der Waals surface area contributed by atoms with Crippen molar-refractivity contribution >= 4 is 0 Å². The van der Waals surface area contributed by atoms with E-state index in [1.165, 1.54) is 0 Å². The molecule has 0 aromatic heterocycles. The van der Waals surface area contributed by atoms with Gasteiger partial charge in [-0.2, -0.15) is 0 Å². The molecule has 0 fully saturated rings. The quantitative estimate of drug-likeness (QED) is 0.313. The monoisotopic (exact) mass is 176 g/mol. The van der Waals surface area contributed by atoms with E-state index in [4.69, 9.17) is 22.9 Å². The Bertz CT molecular complexity index is 78.0. The molecule has 0 aliphatic rings. The third-order valence-corrected chi connectivity index (χ3v) is 1.77. The van der Waals surface area contributed by atoms with Crippen molar-refractivity contribution in [2.75, 3.05) is 39.8 Å². The lowest BCUT2D eigenvalue weighted by atomic mass is 10.5. The second-order valence-corrected chi connectivity index (χ2v) is 2.52. The van der Waals surface area contributed by atoms with Gasteiger partial charge >= 0.3 is 0 Å². The molecule has 0 saturated heterocycles. The van der Waals surface area contributed by atoms with E-state index < -0.39 is 0 Å². The zero-order chi connectivity index (χ0) is 9.40. The molecule has 74 valence electrons. The van der Waals surface area contributed by atoms with Gasteiger partial charge in [-0.3, -0.25) is 9.80 Å². The highest BCUT2D eigenvalue weighted by atomic mass is 15.3. The average Bonchev–Trinajstić information content (AvgIpc) is 2.13. The van der Waals surface area contributed by atoms with Gasteiger partial charge in [-0.15, -0.1) is 0 Å². The van der Waals surface area contributed by atoms with Gasteiger partial charge in [0.25, 0.3) is 0 Å². The Balaban J connectivity index is 3.49. The van der Waals surface area contributed by atoms with E-state index in [2.05, 4.69) is 0 Å². The zero-order valence-corrected chi connectivity index (χ0v) is 7.45. The second kappa shape index (κ2) is 7.41. The average molecular weight is 176 g/mol. The van der Waals surface area contributed by atoms with Crippen LogP contribution in [-0.4, -0.2) is 49.6 Å². The fourth-order valence-corrected chi connectivity index (χ4v) is 0.797. The minimum Gasteiger partial charge on any atom is -0.318 e. The number of rotatable bonds is 7. The lowest BCUT2D eigenvalue weighted by Crippen LogP contribution is -2.44. The standard InChI is InChI=1S/C6H20N6/c7-3-11(4-8)1-2-12(5-9)6-10/h1-10H2. The summed E-state index contributed by atoms with van der Waals surface area (Å²) in [7, 11) is 0. The first-order valence-corrected chi connectivity index (χ1v) is 4.03. The summed E-state index contributed by atoms with van der Waals surface area (Å²) in [6, 6.07) is 0. The molecule has 8 N–H and O–H groups in total. The van der Waals surface area contributed by atoms with Gasteiger partial charge in [-0.25, -0.2) is 0 Å². The fraction of sp³-hybridized carbons (Fsp3) is 1.00. The molecule has 0 spiro atoms. The van der Waals surface area contributed by atoms with Crippen molar-refractivity contribution in [1.29, 1.82) is 0 Å². The molecular formula is C6H20N6. The van der Waals surface area contributed by atoms with Crippen molar-refractivity contribution in [3.8, 4) is 0 Å². The van der Waals surface area contributed by atoms with E-state index in [-0.39, 0.29) is 0 Å². The number of nitrogens with zero attached hydrogens (tertiary/aromatic N) is 2. The predicted octanol–water partition coefficient (Wildman–Crippen LogP) is -2.74. The topological polar surface area (TPSA) is 111 Å². The highest BCUT2D eigenvalue weighted by molar-refractivity contribution is 4.56. The predicted molar refractivity (Wildman–Crippen MR) is 49.6 cm³/mol. The van der Waals surface area contributed by atoms with E-state index in [1.807, 2.05) is 9.80 Å². The molecule has 0 rings (SSSR count). The van der Waals surface area contributed by atoms with Crippen LogP contribution < -0.4 is 22.9 Å². The first-order valence-electron chi connectivity index (χ1n) is 4.03. The number of hydrogen-bond donors (Lipinski definition) is 4. The van der Waals surface area contributed by atoms with Crippen molar-refractivity contribution in [2.24, 2.45) is 22.9 Å². The molecular weight excluding hydrogens is 156 g/mol. The highest BCUT2D eigenvalue weighted by Gasteiger charge is 2.02. The Hall–Kier alpha value is -0.240. The summed E-state index contributed by atoms with van der Waals surface area (Å²) in [5.74, 6) is 0. The van der Waals surface area contributed by atoms with Crippen LogP contribution in [0.3, 0.4) is 0 Å². The van der Waals surface area contributed by atoms with Gasteiger partial charge in [0.2, 0.25) is 0 Å². The van der Waals surface area contributed by atoms with Gasteiger partial charge in [0.15, 0.2) is 0 Å². The van der Waals surface area contributed by atoms with Crippen molar-refractivity contribution < 1.29 is 0 Å². The Morgan fingerprint density at radius 1 is 0.583 bits per heavy atom. The Kier molecular flexibility index (Phi) is 7.26. The molecule has 0 bridgehead atoms. The van der Waals surface area contributed by atoms with Crippen LogP contribution in [0.25, 0.3) is 0 Å². The molecule has 0 aliphatic heterocycles. The SMILES string of the molecule is NCN(CN)CCN(CN)CN. The van der Waals surface area contributed by atoms with Gasteiger partial charge in [0.1, 0.15) is 0 Å². The van der Waals surface area contributed by atoms with Gasteiger partial charge in [-0.1, -0.05) is 0 Å². The summed E-state index contributed by atoms with van der Waals surface area (Å²) in [6.45, 7) is 3.50. The molecule has 6 heteroatoms. The molecule has 0 unspecified atom stereocenters. The third kappa shape index (κ3) is 4.60. The van der Waals surface area contributed by atoms with Crippen LogP contribution in [0, 0.1) is 0 Å². The summed E-state index contributed by atoms with van der Waals surface area (Å²) < 4.78 is 0. The summed E-state index contributed by atoms with van der Waals surface area (Å²) in [4.78, 5) is 3.83. The molecule has 0 heterocycles. The Morgan fingerprint density at radius 3 is 1.00 bits per heavy atom. The van der Waals surface area contributed by atoms with Crippen LogP contribution in [0.1, 0.15) is 0 Å². The minimum atomic E-state index is 0.472. The summed E-state index contributed by atoms with van der Waals surface area (Å²) in [5, 5.41) is 0. The van der Waals surface area contributed by atoms with Gasteiger partial charge < -0.3 is 22.9 Å². The van der Waals surface area contributed by atoms with Crippen molar-refractivity contribution in [1.82, 2.24) is 9.80 Å². The van der Waals surface area contributed by atoms with E-state index in [0.29, 0.717) is 26.7 Å². The lowest BCUT2D eigenvalue weighted by Gasteiger charge is -2.23. The summed E-state index contributed by atoms with van der Waals surface area (Å²) in [6.07, 6.45) is 0. The van der Waals surface area contributed by atoms with Crippen LogP contribution in [0.2, 0.25) is 0 Å². The van der Waals surface area contributed by atoms with Crippen molar-refractivity contribution in [3.63, 3.8) is 0 Å². The van der Waals surface area contributed by atoms with Gasteiger partial charge in [0, 0.05) is 39.8 Å². The Morgan fingerprint density at radius 2 is 0.833 bits per heavy atom. The van der Waals surface area contributed by atoms with E-state index in [9.17, 15) is 0 Å². The first kappa shape index (κ1) is 11.8. The largest absolute Gasteiger partial charge is 0.318 e. The van der Waals surface area contributed by atoms with Crippen LogP contribution in [0.4, 0.5) is 0 Å². The maximum absolute atomic E-state index is 5.42. The zero-order valence-electron chi connectivity index (χ0n) is 7.45. The van der Waals surface area contributed by atoms with Gasteiger partial charge in [-0.05, 0) is 0 Å². The molecule has 0 amide bonds. The van der Waals surface area contributed by atoms with E-state index >= 15 is 0 Å². The van der Waals surface area contributed by atoms with Crippen molar-refractivity contribution in [2.45, 2.75) is 0 Å². The van der Waals surface area contributed by atoms with Crippen LogP contribution >= 0.6 is 0 Å². The molecule has 0 aromatic rings. The molecule has 0 aromatic carbocycles. The smallest absolute Gasteiger partial charge is 0.0467 e. The van der Waals surface area contributed by atoms with Gasteiger partial charge in [0.05, 0.1) is 0 Å². The first-order chi connectivity index (χ1) is 5.78. The fourth-order valence-electron chi connectivity index (χ4n) is 0.797. The van der Waals surface area contributed by atoms with E-state index in [1.54, 1.807) is 0 Å². The molecule has 0 atom stereocenters. The third-order valence-electron chi connectivity index (χ3n) is 1.77. The second-order valence-electron chi connectivity index (χ2n) is 2.52.